The van der Waals surface area contributed by atoms with E-state index in [1.807, 2.05) is 4.90 Å². The van der Waals surface area contributed by atoms with Crippen molar-refractivity contribution in [3.05, 3.63) is 29.8 Å². The number of piperidine rings is 1. The summed E-state index contributed by atoms with van der Waals surface area (Å²) in [7, 11) is 0. The maximum atomic E-state index is 12.2. The minimum Gasteiger partial charge on any atom is -0.399 e. The standard InChI is InChI=1S/C15H21N3O2/c1-11(15(20)18-8-3-2-4-9-18)17-14(19)12-6-5-7-13(16)10-12/h5-7,10-11H,2-4,8-9,16H2,1H3,(H,17,19). The summed E-state index contributed by atoms with van der Waals surface area (Å²) in [6.07, 6.45) is 3.26. The number of anilines is 1. The summed E-state index contributed by atoms with van der Waals surface area (Å²) in [4.78, 5) is 26.1. The first-order valence-electron chi connectivity index (χ1n) is 7.03. The molecule has 1 saturated heterocycles. The third-order valence-corrected chi connectivity index (χ3v) is 3.53. The molecule has 0 radical (unpaired) electrons. The molecule has 3 N–H and O–H groups in total. The monoisotopic (exact) mass is 275 g/mol. The first kappa shape index (κ1) is 14.4. The van der Waals surface area contributed by atoms with Crippen LogP contribution in [0.25, 0.3) is 0 Å². The molecule has 0 bridgehead atoms. The van der Waals surface area contributed by atoms with E-state index in [1.54, 1.807) is 31.2 Å². The topological polar surface area (TPSA) is 75.4 Å². The highest BCUT2D eigenvalue weighted by atomic mass is 16.2. The number of nitrogens with zero attached hydrogens (tertiary/aromatic N) is 1. The van der Waals surface area contributed by atoms with Crippen molar-refractivity contribution in [2.24, 2.45) is 0 Å². The molecule has 2 rings (SSSR count). The molecule has 1 aliphatic heterocycles. The SMILES string of the molecule is CC(NC(=O)c1cccc(N)c1)C(=O)N1CCCCC1. The molecule has 2 amide bonds. The van der Waals surface area contributed by atoms with Gasteiger partial charge in [0, 0.05) is 24.3 Å². The van der Waals surface area contributed by atoms with Crippen LogP contribution in [0.2, 0.25) is 0 Å². The number of hydrogen-bond donors (Lipinski definition) is 2. The van der Waals surface area contributed by atoms with Crippen molar-refractivity contribution in [2.45, 2.75) is 32.2 Å². The molecule has 5 heteroatoms. The lowest BCUT2D eigenvalue weighted by atomic mass is 10.1. The molecule has 20 heavy (non-hydrogen) atoms. The Labute approximate surface area is 119 Å². The van der Waals surface area contributed by atoms with Crippen LogP contribution in [0.3, 0.4) is 0 Å². The van der Waals surface area contributed by atoms with Gasteiger partial charge in [0.05, 0.1) is 0 Å². The molecule has 1 fully saturated rings. The highest BCUT2D eigenvalue weighted by molar-refractivity contribution is 5.98. The van der Waals surface area contributed by atoms with Crippen LogP contribution in [-0.4, -0.2) is 35.8 Å². The largest absolute Gasteiger partial charge is 0.399 e. The van der Waals surface area contributed by atoms with Gasteiger partial charge < -0.3 is 16.0 Å². The summed E-state index contributed by atoms with van der Waals surface area (Å²) >= 11 is 0. The van der Waals surface area contributed by atoms with Gasteiger partial charge in [-0.1, -0.05) is 6.07 Å². The van der Waals surface area contributed by atoms with Crippen molar-refractivity contribution in [1.82, 2.24) is 10.2 Å². The molecule has 1 atom stereocenters. The Morgan fingerprint density at radius 3 is 2.60 bits per heavy atom. The molecule has 0 aliphatic carbocycles. The maximum absolute atomic E-state index is 12.2. The van der Waals surface area contributed by atoms with Gasteiger partial charge in [-0.15, -0.1) is 0 Å². The maximum Gasteiger partial charge on any atom is 0.251 e. The van der Waals surface area contributed by atoms with Crippen LogP contribution in [0.15, 0.2) is 24.3 Å². The highest BCUT2D eigenvalue weighted by Gasteiger charge is 2.23. The van der Waals surface area contributed by atoms with Gasteiger partial charge in [-0.05, 0) is 44.4 Å². The Morgan fingerprint density at radius 1 is 1.25 bits per heavy atom. The van der Waals surface area contributed by atoms with Gasteiger partial charge in [-0.2, -0.15) is 0 Å². The molecular weight excluding hydrogens is 254 g/mol. The fraction of sp³-hybridized carbons (Fsp3) is 0.467. The summed E-state index contributed by atoms with van der Waals surface area (Å²) in [5.74, 6) is -0.280. The minimum atomic E-state index is -0.512. The number of nitrogens with one attached hydrogen (secondary N) is 1. The Hall–Kier alpha value is -2.04. The molecular formula is C15H21N3O2. The lowest BCUT2D eigenvalue weighted by Crippen LogP contribution is -2.48. The molecule has 1 aliphatic rings. The van der Waals surface area contributed by atoms with E-state index in [4.69, 9.17) is 5.73 Å². The second kappa shape index (κ2) is 6.41. The van der Waals surface area contributed by atoms with E-state index in [0.29, 0.717) is 11.3 Å². The minimum absolute atomic E-state index is 0.0121. The van der Waals surface area contributed by atoms with Gasteiger partial charge in [-0.3, -0.25) is 9.59 Å². The summed E-state index contributed by atoms with van der Waals surface area (Å²) in [6.45, 7) is 3.30. The second-order valence-electron chi connectivity index (χ2n) is 5.21. The number of rotatable bonds is 3. The van der Waals surface area contributed by atoms with Crippen molar-refractivity contribution in [3.8, 4) is 0 Å². The Balaban J connectivity index is 1.94. The van der Waals surface area contributed by atoms with Crippen molar-refractivity contribution < 1.29 is 9.59 Å². The van der Waals surface area contributed by atoms with Crippen molar-refractivity contribution >= 4 is 17.5 Å². The summed E-state index contributed by atoms with van der Waals surface area (Å²) in [6, 6.07) is 6.22. The molecule has 1 unspecified atom stereocenters. The van der Waals surface area contributed by atoms with E-state index in [2.05, 4.69) is 5.32 Å². The molecule has 5 nitrogen and oxygen atoms in total. The predicted molar refractivity (Wildman–Crippen MR) is 78.2 cm³/mol. The van der Waals surface area contributed by atoms with Crippen LogP contribution >= 0.6 is 0 Å². The Kier molecular flexibility index (Phi) is 4.61. The first-order chi connectivity index (χ1) is 9.58. The first-order valence-corrected chi connectivity index (χ1v) is 7.03. The zero-order valence-electron chi connectivity index (χ0n) is 11.8. The van der Waals surface area contributed by atoms with E-state index < -0.39 is 6.04 Å². The van der Waals surface area contributed by atoms with Crippen LogP contribution in [0, 0.1) is 0 Å². The van der Waals surface area contributed by atoms with E-state index in [1.165, 1.54) is 6.42 Å². The van der Waals surface area contributed by atoms with Gasteiger partial charge in [0.25, 0.3) is 5.91 Å². The van der Waals surface area contributed by atoms with Gasteiger partial charge >= 0.3 is 0 Å². The Bertz CT molecular complexity index is 496. The lowest BCUT2D eigenvalue weighted by Gasteiger charge is -2.29. The number of carbonyl (C=O) groups excluding carboxylic acids is 2. The van der Waals surface area contributed by atoms with Gasteiger partial charge in [0.15, 0.2) is 0 Å². The number of likely N-dealkylation sites (tertiary alicyclic amines) is 1. The molecule has 1 heterocycles. The molecule has 108 valence electrons. The third kappa shape index (κ3) is 3.50. The van der Waals surface area contributed by atoms with Crippen LogP contribution in [-0.2, 0) is 4.79 Å². The predicted octanol–water partition coefficient (Wildman–Crippen LogP) is 1.40. The van der Waals surface area contributed by atoms with E-state index >= 15 is 0 Å². The van der Waals surface area contributed by atoms with Crippen LogP contribution in [0.1, 0.15) is 36.5 Å². The van der Waals surface area contributed by atoms with Crippen molar-refractivity contribution in [1.29, 1.82) is 0 Å². The molecule has 0 aromatic heterocycles. The number of nitrogens with two attached hydrogens (primary N) is 1. The fourth-order valence-electron chi connectivity index (χ4n) is 2.41. The van der Waals surface area contributed by atoms with Crippen molar-refractivity contribution in [2.75, 3.05) is 18.8 Å². The van der Waals surface area contributed by atoms with Crippen LogP contribution in [0.5, 0.6) is 0 Å². The number of carbonyl (C=O) groups is 2. The average molecular weight is 275 g/mol. The average Bonchev–Trinajstić information content (AvgIpc) is 2.47. The normalized spacial score (nSPS) is 16.6. The quantitative estimate of drug-likeness (QED) is 0.819. The molecule has 1 aromatic carbocycles. The summed E-state index contributed by atoms with van der Waals surface area (Å²) in [5.41, 5.74) is 6.66. The van der Waals surface area contributed by atoms with Gasteiger partial charge in [0.2, 0.25) is 5.91 Å². The summed E-state index contributed by atoms with van der Waals surface area (Å²) < 4.78 is 0. The molecule has 1 aromatic rings. The lowest BCUT2D eigenvalue weighted by molar-refractivity contribution is -0.133. The van der Waals surface area contributed by atoms with Crippen LogP contribution in [0.4, 0.5) is 5.69 Å². The number of benzene rings is 1. The second-order valence-corrected chi connectivity index (χ2v) is 5.21. The smallest absolute Gasteiger partial charge is 0.251 e. The zero-order valence-corrected chi connectivity index (χ0v) is 11.8. The fourth-order valence-corrected chi connectivity index (χ4v) is 2.41. The zero-order chi connectivity index (χ0) is 14.5. The molecule has 0 spiro atoms. The third-order valence-electron chi connectivity index (χ3n) is 3.53. The van der Waals surface area contributed by atoms with Gasteiger partial charge in [-0.25, -0.2) is 0 Å². The number of hydrogen-bond acceptors (Lipinski definition) is 3. The van der Waals surface area contributed by atoms with Crippen LogP contribution < -0.4 is 11.1 Å². The Morgan fingerprint density at radius 2 is 1.95 bits per heavy atom. The van der Waals surface area contributed by atoms with E-state index in [-0.39, 0.29) is 11.8 Å². The van der Waals surface area contributed by atoms with Crippen molar-refractivity contribution in [3.63, 3.8) is 0 Å². The van der Waals surface area contributed by atoms with Gasteiger partial charge in [0.1, 0.15) is 6.04 Å². The highest BCUT2D eigenvalue weighted by Crippen LogP contribution is 2.11. The molecule has 0 saturated carbocycles. The van der Waals surface area contributed by atoms with E-state index in [0.717, 1.165) is 25.9 Å². The van der Waals surface area contributed by atoms with E-state index in [9.17, 15) is 9.59 Å². The number of amides is 2. The number of nitrogen functional groups attached to an aromatic ring is 1. The summed E-state index contributed by atoms with van der Waals surface area (Å²) in [5, 5.41) is 2.73.